The summed E-state index contributed by atoms with van der Waals surface area (Å²) in [5.41, 5.74) is 2.86. The molecule has 1 unspecified atom stereocenters. The van der Waals surface area contributed by atoms with Gasteiger partial charge in [0.2, 0.25) is 5.91 Å². The lowest BCUT2D eigenvalue weighted by Gasteiger charge is -2.22. The summed E-state index contributed by atoms with van der Waals surface area (Å²) in [7, 11) is 0. The predicted octanol–water partition coefficient (Wildman–Crippen LogP) is 4.57. The minimum absolute atomic E-state index is 0.0948. The Morgan fingerprint density at radius 1 is 1.14 bits per heavy atom. The van der Waals surface area contributed by atoms with E-state index >= 15 is 0 Å². The number of para-hydroxylation sites is 2. The number of carbonyl (C=O) groups is 1. The van der Waals surface area contributed by atoms with Gasteiger partial charge in [-0.3, -0.25) is 9.36 Å². The van der Waals surface area contributed by atoms with Gasteiger partial charge < -0.3 is 0 Å². The number of carbonyl (C=O) groups excluding carboxylic acids is 1. The Morgan fingerprint density at radius 3 is 2.71 bits per heavy atom. The maximum atomic E-state index is 12.5. The summed E-state index contributed by atoms with van der Waals surface area (Å²) in [5.74, 6) is 0.0948. The van der Waals surface area contributed by atoms with Crippen molar-refractivity contribution in [1.29, 1.82) is 0 Å². The van der Waals surface area contributed by atoms with Gasteiger partial charge in [0.15, 0.2) is 5.16 Å². The minimum atomic E-state index is 0.0948. The van der Waals surface area contributed by atoms with Crippen LogP contribution in [0.15, 0.2) is 53.7 Å². The van der Waals surface area contributed by atoms with E-state index in [1.807, 2.05) is 48.5 Å². The van der Waals surface area contributed by atoms with Crippen molar-refractivity contribution in [2.75, 3.05) is 0 Å². The fourth-order valence-electron chi connectivity index (χ4n) is 2.61. The van der Waals surface area contributed by atoms with E-state index in [4.69, 9.17) is 11.6 Å². The zero-order valence-corrected chi connectivity index (χ0v) is 12.6. The fourth-order valence-corrected chi connectivity index (χ4v) is 3.96. The highest BCUT2D eigenvalue weighted by molar-refractivity contribution is 7.99. The Labute approximate surface area is 130 Å². The van der Waals surface area contributed by atoms with Crippen LogP contribution in [0.25, 0.3) is 11.0 Å². The molecule has 1 aromatic heterocycles. The summed E-state index contributed by atoms with van der Waals surface area (Å²) in [6, 6.07) is 15.4. The third-order valence-corrected chi connectivity index (χ3v) is 5.09. The molecule has 21 heavy (non-hydrogen) atoms. The number of hydrogen-bond donors (Lipinski definition) is 0. The van der Waals surface area contributed by atoms with Crippen LogP contribution in [0.1, 0.15) is 22.0 Å². The van der Waals surface area contributed by atoms with Crippen molar-refractivity contribution in [3.63, 3.8) is 0 Å². The molecule has 1 aliphatic rings. The largest absolute Gasteiger partial charge is 0.274 e. The fraction of sp³-hybridized carbons (Fsp3) is 0.125. The Morgan fingerprint density at radius 2 is 1.90 bits per heavy atom. The quantitative estimate of drug-likeness (QED) is 0.660. The molecule has 2 aromatic carbocycles. The van der Waals surface area contributed by atoms with Crippen LogP contribution in [-0.4, -0.2) is 15.5 Å². The maximum Gasteiger partial charge on any atom is 0.234 e. The molecule has 0 radical (unpaired) electrons. The molecule has 1 aliphatic heterocycles. The highest BCUT2D eigenvalue weighted by Gasteiger charge is 2.29. The first-order chi connectivity index (χ1) is 10.2. The van der Waals surface area contributed by atoms with Crippen LogP contribution >= 0.6 is 23.4 Å². The Hall–Kier alpha value is -1.78. The van der Waals surface area contributed by atoms with Crippen LogP contribution < -0.4 is 0 Å². The Balaban J connectivity index is 1.78. The van der Waals surface area contributed by atoms with Gasteiger partial charge >= 0.3 is 0 Å². The molecule has 0 fully saturated rings. The number of fused-ring (bicyclic) bond motifs is 3. The van der Waals surface area contributed by atoms with Crippen molar-refractivity contribution in [2.24, 2.45) is 0 Å². The Kier molecular flexibility index (Phi) is 3.01. The number of thioether (sulfide) groups is 1. The summed E-state index contributed by atoms with van der Waals surface area (Å²) in [6.07, 6.45) is 0.472. The number of halogens is 1. The van der Waals surface area contributed by atoms with Gasteiger partial charge in [-0.2, -0.15) is 0 Å². The van der Waals surface area contributed by atoms with Gasteiger partial charge in [-0.25, -0.2) is 4.98 Å². The smallest absolute Gasteiger partial charge is 0.234 e. The van der Waals surface area contributed by atoms with Gasteiger partial charge in [0.05, 0.1) is 11.0 Å². The number of aromatic nitrogens is 2. The monoisotopic (exact) mass is 314 g/mol. The summed E-state index contributed by atoms with van der Waals surface area (Å²) < 4.78 is 1.73. The number of rotatable bonds is 1. The van der Waals surface area contributed by atoms with Crippen molar-refractivity contribution in [2.45, 2.75) is 16.8 Å². The van der Waals surface area contributed by atoms with Crippen molar-refractivity contribution >= 4 is 40.3 Å². The third kappa shape index (κ3) is 2.15. The molecule has 0 N–H and O–H groups in total. The van der Waals surface area contributed by atoms with Crippen molar-refractivity contribution < 1.29 is 4.79 Å². The van der Waals surface area contributed by atoms with E-state index in [1.54, 1.807) is 16.3 Å². The highest BCUT2D eigenvalue weighted by Crippen LogP contribution is 2.42. The van der Waals surface area contributed by atoms with E-state index in [-0.39, 0.29) is 11.2 Å². The van der Waals surface area contributed by atoms with Gasteiger partial charge in [0, 0.05) is 16.7 Å². The molecule has 4 rings (SSSR count). The van der Waals surface area contributed by atoms with Crippen LogP contribution in [0.2, 0.25) is 5.02 Å². The molecule has 0 saturated carbocycles. The highest BCUT2D eigenvalue weighted by atomic mass is 35.5. The molecule has 2 heterocycles. The van der Waals surface area contributed by atoms with Gasteiger partial charge in [-0.15, -0.1) is 0 Å². The number of benzene rings is 2. The molecule has 0 aliphatic carbocycles. The van der Waals surface area contributed by atoms with Crippen LogP contribution in [-0.2, 0) is 0 Å². The second kappa shape index (κ2) is 4.90. The number of imidazole rings is 1. The molecule has 1 atom stereocenters. The van der Waals surface area contributed by atoms with Crippen LogP contribution in [0.3, 0.4) is 0 Å². The molecule has 0 bridgehead atoms. The average Bonchev–Trinajstić information content (AvgIpc) is 2.86. The molecule has 104 valence electrons. The average molecular weight is 315 g/mol. The normalized spacial score (nSPS) is 18.0. The molecule has 3 aromatic rings. The van der Waals surface area contributed by atoms with Crippen molar-refractivity contribution in [3.05, 3.63) is 59.1 Å². The SMILES string of the molecule is O=C1CC(c2ccc(Cl)cc2)Sc2nc3ccccc3n21. The zero-order chi connectivity index (χ0) is 14.4. The molecule has 3 nitrogen and oxygen atoms in total. The number of nitrogens with zero attached hydrogens (tertiary/aromatic N) is 2. The van der Waals surface area contributed by atoms with Crippen molar-refractivity contribution in [3.8, 4) is 0 Å². The molecular formula is C16H11ClN2OS. The van der Waals surface area contributed by atoms with E-state index in [1.165, 1.54) is 0 Å². The molecule has 5 heteroatoms. The predicted molar refractivity (Wildman–Crippen MR) is 85.0 cm³/mol. The molecule has 0 amide bonds. The summed E-state index contributed by atoms with van der Waals surface area (Å²) in [6.45, 7) is 0. The lowest BCUT2D eigenvalue weighted by Crippen LogP contribution is -2.19. The van der Waals surface area contributed by atoms with E-state index in [2.05, 4.69) is 4.98 Å². The second-order valence-electron chi connectivity index (χ2n) is 4.97. The first kappa shape index (κ1) is 12.9. The van der Waals surface area contributed by atoms with Gasteiger partial charge in [0.25, 0.3) is 0 Å². The molecule has 0 spiro atoms. The lowest BCUT2D eigenvalue weighted by molar-refractivity contribution is 0.0891. The summed E-state index contributed by atoms with van der Waals surface area (Å²) in [5, 5.41) is 1.57. The standard InChI is InChI=1S/C16H11ClN2OS/c17-11-7-5-10(6-8-11)14-9-15(20)19-13-4-2-1-3-12(13)18-16(19)21-14/h1-8,14H,9H2. The van der Waals surface area contributed by atoms with E-state index in [0.29, 0.717) is 11.4 Å². The van der Waals surface area contributed by atoms with Gasteiger partial charge in [-0.05, 0) is 29.8 Å². The van der Waals surface area contributed by atoms with E-state index in [9.17, 15) is 4.79 Å². The van der Waals surface area contributed by atoms with Gasteiger partial charge in [0.1, 0.15) is 0 Å². The molecular weight excluding hydrogens is 304 g/mol. The van der Waals surface area contributed by atoms with E-state index in [0.717, 1.165) is 21.8 Å². The van der Waals surface area contributed by atoms with Crippen molar-refractivity contribution in [1.82, 2.24) is 9.55 Å². The third-order valence-electron chi connectivity index (χ3n) is 3.63. The zero-order valence-electron chi connectivity index (χ0n) is 11.0. The minimum Gasteiger partial charge on any atom is -0.274 e. The summed E-state index contributed by atoms with van der Waals surface area (Å²) >= 11 is 7.56. The topological polar surface area (TPSA) is 34.9 Å². The first-order valence-corrected chi connectivity index (χ1v) is 7.91. The van der Waals surface area contributed by atoms with Crippen LogP contribution in [0.5, 0.6) is 0 Å². The first-order valence-electron chi connectivity index (χ1n) is 6.65. The van der Waals surface area contributed by atoms with E-state index < -0.39 is 0 Å². The lowest BCUT2D eigenvalue weighted by atomic mass is 10.1. The van der Waals surface area contributed by atoms with Crippen LogP contribution in [0, 0.1) is 0 Å². The van der Waals surface area contributed by atoms with Gasteiger partial charge in [-0.1, -0.05) is 47.6 Å². The number of hydrogen-bond acceptors (Lipinski definition) is 3. The second-order valence-corrected chi connectivity index (χ2v) is 6.58. The summed E-state index contributed by atoms with van der Waals surface area (Å²) in [4.78, 5) is 17.1. The van der Waals surface area contributed by atoms with Crippen LogP contribution in [0.4, 0.5) is 0 Å². The molecule has 0 saturated heterocycles. The Bertz CT molecular complexity index is 841. The maximum absolute atomic E-state index is 12.5.